The zero-order valence-electron chi connectivity index (χ0n) is 18.0. The second kappa shape index (κ2) is 7.82. The predicted molar refractivity (Wildman–Crippen MR) is 119 cm³/mol. The van der Waals surface area contributed by atoms with Gasteiger partial charge in [-0.05, 0) is 43.2 Å². The summed E-state index contributed by atoms with van der Waals surface area (Å²) < 4.78 is 41.9. The quantitative estimate of drug-likeness (QED) is 0.403. The fourth-order valence-corrected chi connectivity index (χ4v) is 4.32. The number of nitrogens with one attached hydrogen (secondary N) is 2. The number of fused-ring (bicyclic) bond motifs is 2. The summed E-state index contributed by atoms with van der Waals surface area (Å²) in [6.45, 7) is 4.78. The van der Waals surface area contributed by atoms with Crippen LogP contribution in [0.4, 0.5) is 19.0 Å². The Morgan fingerprint density at radius 1 is 1.09 bits per heavy atom. The lowest BCUT2D eigenvalue weighted by molar-refractivity contribution is -0.138. The van der Waals surface area contributed by atoms with E-state index in [2.05, 4.69) is 25.9 Å². The number of aryl methyl sites for hydroxylation is 1. The van der Waals surface area contributed by atoms with Gasteiger partial charge < -0.3 is 16.4 Å². The summed E-state index contributed by atoms with van der Waals surface area (Å²) in [6.07, 6.45) is -3.51. The molecule has 7 nitrogen and oxygen atoms in total. The minimum Gasteiger partial charge on any atom is -0.349 e. The molecule has 170 valence electrons. The maximum absolute atomic E-state index is 13.3. The molecule has 0 radical (unpaired) electrons. The van der Waals surface area contributed by atoms with Crippen molar-refractivity contribution in [3.05, 3.63) is 76.2 Å². The van der Waals surface area contributed by atoms with Crippen LogP contribution >= 0.6 is 0 Å². The van der Waals surface area contributed by atoms with Crippen molar-refractivity contribution >= 4 is 16.6 Å². The van der Waals surface area contributed by atoms with Crippen molar-refractivity contribution in [2.24, 2.45) is 5.73 Å². The minimum atomic E-state index is -4.45. The third-order valence-electron chi connectivity index (χ3n) is 6.06. The van der Waals surface area contributed by atoms with Gasteiger partial charge >= 0.3 is 6.18 Å². The van der Waals surface area contributed by atoms with Crippen LogP contribution in [0.15, 0.2) is 42.6 Å². The van der Waals surface area contributed by atoms with E-state index in [0.29, 0.717) is 11.4 Å². The number of nitrogens with two attached hydrogens (primary N) is 1. The summed E-state index contributed by atoms with van der Waals surface area (Å²) in [5, 5.41) is 21.0. The molecule has 4 N–H and O–H groups in total. The fourth-order valence-electron chi connectivity index (χ4n) is 4.32. The van der Waals surface area contributed by atoms with Crippen molar-refractivity contribution in [3.8, 4) is 5.69 Å². The number of rotatable bonds is 4. The number of halogens is 3. The molecule has 10 heteroatoms. The van der Waals surface area contributed by atoms with Crippen molar-refractivity contribution in [3.63, 3.8) is 0 Å². The molecular formula is C23H22F3N7. The lowest BCUT2D eigenvalue weighted by atomic mass is 10.00. The van der Waals surface area contributed by atoms with E-state index in [1.165, 1.54) is 13.0 Å². The zero-order chi connectivity index (χ0) is 23.3. The molecule has 0 aliphatic carbocycles. The van der Waals surface area contributed by atoms with Gasteiger partial charge in [-0.15, -0.1) is 5.10 Å². The maximum Gasteiger partial charge on any atom is 0.416 e. The number of hydrogen-bond donors (Lipinski definition) is 3. The van der Waals surface area contributed by atoms with Gasteiger partial charge in [-0.1, -0.05) is 18.2 Å². The zero-order valence-corrected chi connectivity index (χ0v) is 18.0. The van der Waals surface area contributed by atoms with Crippen LogP contribution in [0.3, 0.4) is 0 Å². The Morgan fingerprint density at radius 3 is 2.70 bits per heavy atom. The summed E-state index contributed by atoms with van der Waals surface area (Å²) in [7, 11) is 0. The molecule has 1 aliphatic heterocycles. The fraction of sp³-hybridized carbons (Fsp3) is 0.261. The third kappa shape index (κ3) is 3.70. The molecule has 2 aromatic carbocycles. The van der Waals surface area contributed by atoms with E-state index in [9.17, 15) is 13.2 Å². The van der Waals surface area contributed by atoms with E-state index >= 15 is 0 Å². The summed E-state index contributed by atoms with van der Waals surface area (Å²) in [5.41, 5.74) is 9.85. The molecule has 4 aromatic rings. The van der Waals surface area contributed by atoms with Gasteiger partial charge in [-0.25, -0.2) is 4.68 Å². The van der Waals surface area contributed by atoms with Gasteiger partial charge in [0.2, 0.25) is 0 Å². The topological polar surface area (TPSA) is 93.7 Å². The van der Waals surface area contributed by atoms with E-state index < -0.39 is 17.9 Å². The van der Waals surface area contributed by atoms with Crippen LogP contribution in [-0.4, -0.2) is 20.0 Å². The molecule has 1 aliphatic rings. The molecule has 33 heavy (non-hydrogen) atoms. The average Bonchev–Trinajstić information content (AvgIpc) is 3.39. The Morgan fingerprint density at radius 2 is 1.91 bits per heavy atom. The van der Waals surface area contributed by atoms with Gasteiger partial charge in [0.1, 0.15) is 6.17 Å². The van der Waals surface area contributed by atoms with E-state index in [1.54, 1.807) is 6.07 Å². The lowest BCUT2D eigenvalue weighted by Gasteiger charge is -2.21. The Hall–Kier alpha value is -3.50. The molecular weight excluding hydrogens is 431 g/mol. The SMILES string of the molecule is Cc1c([C@@H](N)Nc2nnc(C)c3ccc(-n4ncc5c4CNC5)cc23)cccc1C(F)(F)F. The predicted octanol–water partition coefficient (Wildman–Crippen LogP) is 4.12. The van der Waals surface area contributed by atoms with Gasteiger partial charge in [0.05, 0.1) is 28.8 Å². The smallest absolute Gasteiger partial charge is 0.349 e. The van der Waals surface area contributed by atoms with E-state index in [1.807, 2.05) is 36.0 Å². The number of nitrogens with zero attached hydrogens (tertiary/aromatic N) is 4. The second-order valence-corrected chi connectivity index (χ2v) is 8.14. The molecule has 0 bridgehead atoms. The Bertz CT molecular complexity index is 1360. The molecule has 0 unspecified atom stereocenters. The molecule has 1 atom stereocenters. The normalized spacial score (nSPS) is 14.5. The maximum atomic E-state index is 13.3. The molecule has 0 spiro atoms. The monoisotopic (exact) mass is 453 g/mol. The van der Waals surface area contributed by atoms with Crippen molar-refractivity contribution in [2.75, 3.05) is 5.32 Å². The highest BCUT2D eigenvalue weighted by Gasteiger charge is 2.33. The standard InChI is InChI=1S/C23H22F3N7/c1-12-16(4-3-5-19(12)23(24,25)26)21(27)30-22-18-8-15(6-7-17(18)13(2)31-32-22)33-20-11-28-9-14(20)10-29-33/h3-8,10,21,28H,9,11,27H2,1-2H3,(H,30,32)/t21-/m0/s1. The first-order chi connectivity index (χ1) is 15.7. The summed E-state index contributed by atoms with van der Waals surface area (Å²) >= 11 is 0. The summed E-state index contributed by atoms with van der Waals surface area (Å²) in [6, 6.07) is 9.83. The largest absolute Gasteiger partial charge is 0.416 e. The number of hydrogen-bond acceptors (Lipinski definition) is 6. The van der Waals surface area contributed by atoms with Crippen molar-refractivity contribution in [1.29, 1.82) is 0 Å². The first-order valence-corrected chi connectivity index (χ1v) is 10.5. The number of alkyl halides is 3. The van der Waals surface area contributed by atoms with Gasteiger partial charge in [-0.3, -0.25) is 0 Å². The van der Waals surface area contributed by atoms with Crippen molar-refractivity contribution in [2.45, 2.75) is 39.3 Å². The number of anilines is 1. The molecule has 0 fully saturated rings. The highest BCUT2D eigenvalue weighted by molar-refractivity contribution is 5.94. The lowest BCUT2D eigenvalue weighted by Crippen LogP contribution is -2.23. The number of benzene rings is 2. The molecule has 0 saturated heterocycles. The number of aromatic nitrogens is 4. The van der Waals surface area contributed by atoms with Gasteiger partial charge in [-0.2, -0.15) is 23.4 Å². The van der Waals surface area contributed by atoms with E-state index in [-0.39, 0.29) is 5.56 Å². The highest BCUT2D eigenvalue weighted by Crippen LogP contribution is 2.35. The van der Waals surface area contributed by atoms with Gasteiger partial charge in [0, 0.05) is 29.4 Å². The molecule has 3 heterocycles. The van der Waals surface area contributed by atoms with Gasteiger partial charge in [0.25, 0.3) is 0 Å². The third-order valence-corrected chi connectivity index (χ3v) is 6.06. The van der Waals surface area contributed by atoms with E-state index in [0.717, 1.165) is 52.6 Å². The molecule has 0 amide bonds. The van der Waals surface area contributed by atoms with Crippen LogP contribution in [0.2, 0.25) is 0 Å². The van der Waals surface area contributed by atoms with Crippen molar-refractivity contribution < 1.29 is 13.2 Å². The van der Waals surface area contributed by atoms with Crippen molar-refractivity contribution in [1.82, 2.24) is 25.3 Å². The summed E-state index contributed by atoms with van der Waals surface area (Å²) in [5.74, 6) is 0.392. The van der Waals surface area contributed by atoms with Crippen LogP contribution in [0.25, 0.3) is 16.5 Å². The van der Waals surface area contributed by atoms with Crippen LogP contribution in [0, 0.1) is 13.8 Å². The minimum absolute atomic E-state index is 0.0784. The first-order valence-electron chi connectivity index (χ1n) is 10.5. The van der Waals surface area contributed by atoms with E-state index in [4.69, 9.17) is 5.73 Å². The molecule has 0 saturated carbocycles. The Kier molecular flexibility index (Phi) is 5.06. The van der Waals surface area contributed by atoms with Crippen LogP contribution in [0.1, 0.15) is 39.8 Å². The summed E-state index contributed by atoms with van der Waals surface area (Å²) in [4.78, 5) is 0. The highest BCUT2D eigenvalue weighted by atomic mass is 19.4. The first kappa shape index (κ1) is 21.4. The van der Waals surface area contributed by atoms with Gasteiger partial charge in [0.15, 0.2) is 5.82 Å². The Balaban J connectivity index is 1.55. The average molecular weight is 453 g/mol. The Labute approximate surface area is 187 Å². The molecule has 5 rings (SSSR count). The van der Waals surface area contributed by atoms with Crippen LogP contribution in [-0.2, 0) is 19.3 Å². The van der Waals surface area contributed by atoms with Crippen LogP contribution < -0.4 is 16.4 Å². The second-order valence-electron chi connectivity index (χ2n) is 8.14. The van der Waals surface area contributed by atoms with Crippen LogP contribution in [0.5, 0.6) is 0 Å². The molecule has 2 aromatic heterocycles.